The van der Waals surface area contributed by atoms with Gasteiger partial charge in [0, 0.05) is 25.5 Å². The SMILES string of the molecule is OCCOCCCNCC(O)Cn1cccn1. The average Bonchev–Trinajstić information content (AvgIpc) is 2.80. The highest BCUT2D eigenvalue weighted by atomic mass is 16.5. The van der Waals surface area contributed by atoms with Crippen LogP contribution < -0.4 is 5.32 Å². The van der Waals surface area contributed by atoms with Crippen molar-refractivity contribution in [2.75, 3.05) is 32.9 Å². The zero-order chi connectivity index (χ0) is 12.3. The van der Waals surface area contributed by atoms with Crippen LogP contribution in [-0.2, 0) is 11.3 Å². The lowest BCUT2D eigenvalue weighted by Gasteiger charge is -2.11. The summed E-state index contributed by atoms with van der Waals surface area (Å²) < 4.78 is 6.81. The van der Waals surface area contributed by atoms with Crippen LogP contribution in [0.25, 0.3) is 0 Å². The fourth-order valence-corrected chi connectivity index (χ4v) is 1.42. The number of ether oxygens (including phenoxy) is 1. The van der Waals surface area contributed by atoms with Crippen LogP contribution in [0, 0.1) is 0 Å². The number of hydrogen-bond donors (Lipinski definition) is 3. The van der Waals surface area contributed by atoms with E-state index in [9.17, 15) is 5.11 Å². The van der Waals surface area contributed by atoms with E-state index in [0.717, 1.165) is 13.0 Å². The zero-order valence-corrected chi connectivity index (χ0v) is 9.96. The van der Waals surface area contributed by atoms with E-state index >= 15 is 0 Å². The minimum Gasteiger partial charge on any atom is -0.394 e. The van der Waals surface area contributed by atoms with Gasteiger partial charge in [-0.05, 0) is 19.0 Å². The van der Waals surface area contributed by atoms with Gasteiger partial charge in [-0.3, -0.25) is 4.68 Å². The van der Waals surface area contributed by atoms with Crippen molar-refractivity contribution in [3.63, 3.8) is 0 Å². The van der Waals surface area contributed by atoms with Crippen molar-refractivity contribution < 1.29 is 14.9 Å². The standard InChI is InChI=1S/C11H21N3O3/c15-6-8-17-7-2-3-12-9-11(16)10-14-5-1-4-13-14/h1,4-5,11-12,15-16H,2-3,6-10H2. The van der Waals surface area contributed by atoms with Crippen LogP contribution in [0.2, 0.25) is 0 Å². The Labute approximate surface area is 101 Å². The number of aliphatic hydroxyl groups is 2. The number of nitrogens with zero attached hydrogens (tertiary/aromatic N) is 2. The Morgan fingerprint density at radius 3 is 3.00 bits per heavy atom. The second-order valence-corrected chi connectivity index (χ2v) is 3.78. The molecule has 0 saturated heterocycles. The predicted octanol–water partition coefficient (Wildman–Crippen LogP) is -0.767. The molecule has 1 unspecified atom stereocenters. The van der Waals surface area contributed by atoms with Crippen LogP contribution in [0.4, 0.5) is 0 Å². The first-order chi connectivity index (χ1) is 8.33. The Hall–Kier alpha value is -0.950. The Balaban J connectivity index is 1.92. The molecule has 0 aliphatic rings. The van der Waals surface area contributed by atoms with Crippen LogP contribution >= 0.6 is 0 Å². The van der Waals surface area contributed by atoms with Gasteiger partial charge in [0.2, 0.25) is 0 Å². The number of aliphatic hydroxyl groups excluding tert-OH is 2. The van der Waals surface area contributed by atoms with Crippen molar-refractivity contribution in [2.45, 2.75) is 19.1 Å². The molecule has 1 aromatic rings. The molecular formula is C11H21N3O3. The highest BCUT2D eigenvalue weighted by molar-refractivity contribution is 4.78. The van der Waals surface area contributed by atoms with Crippen LogP contribution in [0.1, 0.15) is 6.42 Å². The number of hydrogen-bond acceptors (Lipinski definition) is 5. The molecule has 0 fully saturated rings. The van der Waals surface area contributed by atoms with Crippen molar-refractivity contribution in [1.82, 2.24) is 15.1 Å². The molecule has 17 heavy (non-hydrogen) atoms. The van der Waals surface area contributed by atoms with E-state index in [1.54, 1.807) is 10.9 Å². The van der Waals surface area contributed by atoms with Gasteiger partial charge in [-0.1, -0.05) is 0 Å². The number of rotatable bonds is 10. The van der Waals surface area contributed by atoms with E-state index < -0.39 is 6.10 Å². The maximum Gasteiger partial charge on any atom is 0.0860 e. The summed E-state index contributed by atoms with van der Waals surface area (Å²) in [6.07, 6.45) is 3.95. The first-order valence-corrected chi connectivity index (χ1v) is 5.87. The van der Waals surface area contributed by atoms with Crippen LogP contribution in [0.3, 0.4) is 0 Å². The van der Waals surface area contributed by atoms with E-state index in [4.69, 9.17) is 9.84 Å². The Morgan fingerprint density at radius 1 is 1.41 bits per heavy atom. The van der Waals surface area contributed by atoms with E-state index in [2.05, 4.69) is 10.4 Å². The Kier molecular flexibility index (Phi) is 7.57. The Morgan fingerprint density at radius 2 is 2.29 bits per heavy atom. The second kappa shape index (κ2) is 9.12. The maximum atomic E-state index is 9.67. The highest BCUT2D eigenvalue weighted by Gasteiger charge is 2.04. The van der Waals surface area contributed by atoms with Crippen molar-refractivity contribution in [3.05, 3.63) is 18.5 Å². The molecular weight excluding hydrogens is 222 g/mol. The lowest BCUT2D eigenvalue weighted by atomic mass is 10.3. The van der Waals surface area contributed by atoms with Crippen molar-refractivity contribution >= 4 is 0 Å². The summed E-state index contributed by atoms with van der Waals surface area (Å²) in [4.78, 5) is 0. The second-order valence-electron chi connectivity index (χ2n) is 3.78. The normalized spacial score (nSPS) is 12.8. The lowest BCUT2D eigenvalue weighted by molar-refractivity contribution is 0.0896. The van der Waals surface area contributed by atoms with Crippen LogP contribution in [0.15, 0.2) is 18.5 Å². The lowest BCUT2D eigenvalue weighted by Crippen LogP contribution is -2.31. The number of nitrogens with one attached hydrogen (secondary N) is 1. The van der Waals surface area contributed by atoms with Gasteiger partial charge in [0.1, 0.15) is 0 Å². The van der Waals surface area contributed by atoms with E-state index in [1.807, 2.05) is 12.3 Å². The molecule has 0 saturated carbocycles. The topological polar surface area (TPSA) is 79.5 Å². The smallest absolute Gasteiger partial charge is 0.0860 e. The summed E-state index contributed by atoms with van der Waals surface area (Å²) in [5.74, 6) is 0. The molecule has 6 nitrogen and oxygen atoms in total. The maximum absolute atomic E-state index is 9.67. The number of aromatic nitrogens is 2. The summed E-state index contributed by atoms with van der Waals surface area (Å²) >= 11 is 0. The third kappa shape index (κ3) is 7.06. The molecule has 1 aromatic heterocycles. The first kappa shape index (κ1) is 14.1. The molecule has 0 radical (unpaired) electrons. The van der Waals surface area contributed by atoms with E-state index in [0.29, 0.717) is 26.3 Å². The molecule has 0 aromatic carbocycles. The largest absolute Gasteiger partial charge is 0.394 e. The van der Waals surface area contributed by atoms with Gasteiger partial charge >= 0.3 is 0 Å². The van der Waals surface area contributed by atoms with Crippen LogP contribution in [0.5, 0.6) is 0 Å². The monoisotopic (exact) mass is 243 g/mol. The molecule has 3 N–H and O–H groups in total. The third-order valence-electron chi connectivity index (χ3n) is 2.21. The fourth-order valence-electron chi connectivity index (χ4n) is 1.42. The van der Waals surface area contributed by atoms with Gasteiger partial charge in [0.25, 0.3) is 0 Å². The average molecular weight is 243 g/mol. The molecule has 0 amide bonds. The fraction of sp³-hybridized carbons (Fsp3) is 0.727. The van der Waals surface area contributed by atoms with Gasteiger partial charge in [0.05, 0.1) is 25.9 Å². The summed E-state index contributed by atoms with van der Waals surface area (Å²) in [6, 6.07) is 1.83. The molecule has 1 rings (SSSR count). The third-order valence-corrected chi connectivity index (χ3v) is 2.21. The van der Waals surface area contributed by atoms with Gasteiger partial charge in [-0.2, -0.15) is 5.10 Å². The van der Waals surface area contributed by atoms with Crippen LogP contribution in [-0.4, -0.2) is 59.0 Å². The molecule has 0 aliphatic heterocycles. The van der Waals surface area contributed by atoms with Gasteiger partial charge in [0.15, 0.2) is 0 Å². The van der Waals surface area contributed by atoms with E-state index in [-0.39, 0.29) is 6.61 Å². The van der Waals surface area contributed by atoms with Gasteiger partial charge < -0.3 is 20.3 Å². The molecule has 98 valence electrons. The van der Waals surface area contributed by atoms with Crippen molar-refractivity contribution in [3.8, 4) is 0 Å². The van der Waals surface area contributed by atoms with Gasteiger partial charge in [-0.25, -0.2) is 0 Å². The zero-order valence-electron chi connectivity index (χ0n) is 9.96. The quantitative estimate of drug-likeness (QED) is 0.470. The minimum absolute atomic E-state index is 0.0655. The van der Waals surface area contributed by atoms with Gasteiger partial charge in [-0.15, -0.1) is 0 Å². The summed E-state index contributed by atoms with van der Waals surface area (Å²) in [5.41, 5.74) is 0. The van der Waals surface area contributed by atoms with E-state index in [1.165, 1.54) is 0 Å². The van der Waals surface area contributed by atoms with Crippen molar-refractivity contribution in [2.24, 2.45) is 0 Å². The minimum atomic E-state index is -0.437. The molecule has 6 heteroatoms. The Bertz CT molecular complexity index is 267. The predicted molar refractivity (Wildman–Crippen MR) is 63.6 cm³/mol. The highest BCUT2D eigenvalue weighted by Crippen LogP contribution is 1.90. The molecule has 1 atom stereocenters. The molecule has 0 aliphatic carbocycles. The summed E-state index contributed by atoms with van der Waals surface area (Å²) in [7, 11) is 0. The van der Waals surface area contributed by atoms with Crippen molar-refractivity contribution in [1.29, 1.82) is 0 Å². The summed E-state index contributed by atoms with van der Waals surface area (Å²) in [5, 5.41) is 25.3. The molecule has 1 heterocycles. The molecule has 0 bridgehead atoms. The first-order valence-electron chi connectivity index (χ1n) is 5.87. The summed E-state index contributed by atoms with van der Waals surface area (Å²) in [6.45, 7) is 2.92. The molecule has 0 spiro atoms.